The maximum atomic E-state index is 13.5. The largest absolute Gasteiger partial charge is 0.465 e. The van der Waals surface area contributed by atoms with E-state index in [1.54, 1.807) is 71.6 Å². The molecule has 2 amide bonds. The second kappa shape index (κ2) is 13.0. The molecule has 0 saturated carbocycles. The summed E-state index contributed by atoms with van der Waals surface area (Å²) >= 11 is 0. The number of carbonyl (C=O) groups excluding carboxylic acids is 1. The van der Waals surface area contributed by atoms with Crippen molar-refractivity contribution in [2.24, 2.45) is 0 Å². The number of ether oxygens (including phenoxy) is 2. The van der Waals surface area contributed by atoms with Gasteiger partial charge in [-0.15, -0.1) is 0 Å². The molecule has 2 N–H and O–H groups in total. The van der Waals surface area contributed by atoms with Crippen LogP contribution < -0.4 is 14.8 Å². The van der Waals surface area contributed by atoms with Gasteiger partial charge in [0, 0.05) is 44.4 Å². The molecule has 3 aromatic carbocycles. The van der Waals surface area contributed by atoms with E-state index in [2.05, 4.69) is 22.4 Å². The van der Waals surface area contributed by atoms with Crippen LogP contribution >= 0.6 is 0 Å². The predicted molar refractivity (Wildman–Crippen MR) is 142 cm³/mol. The van der Waals surface area contributed by atoms with E-state index in [1.807, 2.05) is 0 Å². The summed E-state index contributed by atoms with van der Waals surface area (Å²) in [5.41, 5.74) is 1.42. The van der Waals surface area contributed by atoms with E-state index in [0.717, 1.165) is 6.54 Å². The number of carbonyl (C=O) groups is 2. The fraction of sp³-hybridized carbons (Fsp3) is 0.241. The first-order valence-electron chi connectivity index (χ1n) is 12.4. The minimum atomic E-state index is -1.03. The Balaban J connectivity index is 1.48. The summed E-state index contributed by atoms with van der Waals surface area (Å²) in [5.74, 6) is 1.66. The highest BCUT2D eigenvalue weighted by Gasteiger charge is 2.23. The molecule has 0 radical (unpaired) electrons. The first-order valence-corrected chi connectivity index (χ1v) is 12.4. The van der Waals surface area contributed by atoms with E-state index in [0.29, 0.717) is 78.8 Å². The molecule has 0 atom stereocenters. The Morgan fingerprint density at radius 3 is 1.77 bits per heavy atom. The van der Waals surface area contributed by atoms with Crippen LogP contribution in [0.1, 0.15) is 27.9 Å². The van der Waals surface area contributed by atoms with Crippen molar-refractivity contribution in [3.8, 4) is 35.1 Å². The van der Waals surface area contributed by atoms with Crippen LogP contribution in [-0.2, 0) is 0 Å². The van der Waals surface area contributed by atoms with Crippen LogP contribution in [0.2, 0.25) is 0 Å². The SMILES string of the molecule is N#Cc1ccc(Oc2cc(Oc3ccc(C#N)cc3)cc(C(=O)N3CCN(CCCNC(=O)O)CC3)c2)cc1. The normalized spacial score (nSPS) is 13.1. The summed E-state index contributed by atoms with van der Waals surface area (Å²) in [6.45, 7) is 3.60. The van der Waals surface area contributed by atoms with Gasteiger partial charge in [-0.05, 0) is 73.6 Å². The first-order chi connectivity index (χ1) is 18.9. The second-order valence-corrected chi connectivity index (χ2v) is 8.89. The lowest BCUT2D eigenvalue weighted by atomic mass is 10.1. The van der Waals surface area contributed by atoms with Gasteiger partial charge in [0.15, 0.2) is 0 Å². The summed E-state index contributed by atoms with van der Waals surface area (Å²) in [6.07, 6.45) is -0.330. The third-order valence-electron chi connectivity index (χ3n) is 6.15. The molecular formula is C29H27N5O5. The summed E-state index contributed by atoms with van der Waals surface area (Å²) in [5, 5.41) is 29.1. The van der Waals surface area contributed by atoms with Crippen LogP contribution in [0.25, 0.3) is 0 Å². The number of amides is 2. The van der Waals surface area contributed by atoms with Crippen LogP contribution in [0.15, 0.2) is 66.7 Å². The average molecular weight is 526 g/mol. The quantitative estimate of drug-likeness (QED) is 0.391. The zero-order chi connectivity index (χ0) is 27.6. The van der Waals surface area contributed by atoms with Crippen LogP contribution in [0.4, 0.5) is 4.79 Å². The van der Waals surface area contributed by atoms with E-state index >= 15 is 0 Å². The monoisotopic (exact) mass is 525 g/mol. The molecule has 198 valence electrons. The molecule has 1 heterocycles. The minimum absolute atomic E-state index is 0.155. The van der Waals surface area contributed by atoms with Crippen molar-refractivity contribution in [2.45, 2.75) is 6.42 Å². The van der Waals surface area contributed by atoms with Crippen LogP contribution in [-0.4, -0.2) is 66.2 Å². The van der Waals surface area contributed by atoms with Crippen LogP contribution in [0, 0.1) is 22.7 Å². The highest BCUT2D eigenvalue weighted by atomic mass is 16.5. The number of benzene rings is 3. The molecule has 10 heteroatoms. The third-order valence-corrected chi connectivity index (χ3v) is 6.15. The van der Waals surface area contributed by atoms with Gasteiger partial charge >= 0.3 is 6.09 Å². The van der Waals surface area contributed by atoms with Crippen molar-refractivity contribution in [3.05, 3.63) is 83.4 Å². The third kappa shape index (κ3) is 7.71. The Morgan fingerprint density at radius 2 is 1.31 bits per heavy atom. The maximum absolute atomic E-state index is 13.5. The Hall–Kier alpha value is -5.06. The molecule has 1 saturated heterocycles. The van der Waals surface area contributed by atoms with Crippen molar-refractivity contribution in [1.82, 2.24) is 15.1 Å². The fourth-order valence-electron chi connectivity index (χ4n) is 4.14. The van der Waals surface area contributed by atoms with E-state index in [4.69, 9.17) is 25.1 Å². The van der Waals surface area contributed by atoms with E-state index < -0.39 is 6.09 Å². The van der Waals surface area contributed by atoms with Crippen molar-refractivity contribution < 1.29 is 24.2 Å². The van der Waals surface area contributed by atoms with Gasteiger partial charge in [-0.3, -0.25) is 9.69 Å². The van der Waals surface area contributed by atoms with Gasteiger partial charge in [-0.25, -0.2) is 4.79 Å². The van der Waals surface area contributed by atoms with Gasteiger partial charge in [-0.2, -0.15) is 10.5 Å². The molecule has 4 rings (SSSR count). The van der Waals surface area contributed by atoms with E-state index in [-0.39, 0.29) is 5.91 Å². The van der Waals surface area contributed by atoms with Crippen molar-refractivity contribution in [3.63, 3.8) is 0 Å². The number of carboxylic acid groups (broad SMARTS) is 1. The lowest BCUT2D eigenvalue weighted by Crippen LogP contribution is -2.49. The molecule has 10 nitrogen and oxygen atoms in total. The Bertz CT molecular complexity index is 1310. The molecule has 0 bridgehead atoms. The number of hydrogen-bond donors (Lipinski definition) is 2. The standard InChI is InChI=1S/C29H27N5O5/c30-19-21-2-6-24(7-3-21)38-26-16-23(17-27(18-26)39-25-8-4-22(20-31)5-9-25)28(35)34-14-12-33(13-15-34)11-1-10-32-29(36)37/h2-9,16-18,32H,1,10-15H2,(H,36,37). The number of rotatable bonds is 9. The number of hydrogen-bond acceptors (Lipinski definition) is 7. The number of nitrogens with zero attached hydrogens (tertiary/aromatic N) is 4. The molecule has 0 unspecified atom stereocenters. The van der Waals surface area contributed by atoms with Crippen molar-refractivity contribution >= 4 is 12.0 Å². The lowest BCUT2D eigenvalue weighted by Gasteiger charge is -2.34. The smallest absolute Gasteiger partial charge is 0.404 e. The van der Waals surface area contributed by atoms with Gasteiger partial charge in [0.05, 0.1) is 23.3 Å². The molecule has 0 aliphatic carbocycles. The summed E-state index contributed by atoms with van der Waals surface area (Å²) in [6, 6.07) is 22.5. The second-order valence-electron chi connectivity index (χ2n) is 8.89. The van der Waals surface area contributed by atoms with E-state index in [9.17, 15) is 9.59 Å². The topological polar surface area (TPSA) is 139 Å². The molecule has 39 heavy (non-hydrogen) atoms. The average Bonchev–Trinajstić information content (AvgIpc) is 2.96. The van der Waals surface area contributed by atoms with Crippen LogP contribution in [0.3, 0.4) is 0 Å². The fourth-order valence-corrected chi connectivity index (χ4v) is 4.14. The van der Waals surface area contributed by atoms with Crippen molar-refractivity contribution in [2.75, 3.05) is 39.3 Å². The van der Waals surface area contributed by atoms with Gasteiger partial charge in [0.2, 0.25) is 0 Å². The summed E-state index contributed by atoms with van der Waals surface area (Å²) in [7, 11) is 0. The lowest BCUT2D eigenvalue weighted by molar-refractivity contribution is 0.0635. The summed E-state index contributed by atoms with van der Waals surface area (Å²) in [4.78, 5) is 28.0. The molecule has 0 aromatic heterocycles. The highest BCUT2D eigenvalue weighted by Crippen LogP contribution is 2.31. The zero-order valence-electron chi connectivity index (χ0n) is 21.2. The molecular weight excluding hydrogens is 498 g/mol. The molecule has 1 fully saturated rings. The van der Waals surface area contributed by atoms with Crippen LogP contribution in [0.5, 0.6) is 23.0 Å². The molecule has 3 aromatic rings. The molecule has 0 spiro atoms. The number of piperazine rings is 1. The van der Waals surface area contributed by atoms with Gasteiger partial charge in [0.1, 0.15) is 23.0 Å². The molecule has 1 aliphatic heterocycles. The number of nitrogens with one attached hydrogen (secondary N) is 1. The first kappa shape index (κ1) is 27.0. The summed E-state index contributed by atoms with van der Waals surface area (Å²) < 4.78 is 12.0. The number of nitriles is 2. The Morgan fingerprint density at radius 1 is 0.795 bits per heavy atom. The van der Waals surface area contributed by atoms with Gasteiger partial charge in [0.25, 0.3) is 5.91 Å². The highest BCUT2D eigenvalue weighted by molar-refractivity contribution is 5.95. The van der Waals surface area contributed by atoms with Crippen molar-refractivity contribution in [1.29, 1.82) is 10.5 Å². The maximum Gasteiger partial charge on any atom is 0.404 e. The Kier molecular flexibility index (Phi) is 8.96. The zero-order valence-corrected chi connectivity index (χ0v) is 21.2. The van der Waals surface area contributed by atoms with Gasteiger partial charge < -0.3 is 24.8 Å². The Labute approximate surface area is 226 Å². The minimum Gasteiger partial charge on any atom is -0.465 e. The van der Waals surface area contributed by atoms with E-state index in [1.165, 1.54) is 0 Å². The molecule has 1 aliphatic rings. The van der Waals surface area contributed by atoms with Gasteiger partial charge in [-0.1, -0.05) is 0 Å². The predicted octanol–water partition coefficient (Wildman–Crippen LogP) is 4.43.